The van der Waals surface area contributed by atoms with E-state index in [1.807, 2.05) is 18.2 Å². The average Bonchev–Trinajstić information content (AvgIpc) is 3.10. The molecule has 1 saturated heterocycles. The van der Waals surface area contributed by atoms with Gasteiger partial charge in [0.25, 0.3) is 0 Å². The number of ether oxygens (including phenoxy) is 2. The van der Waals surface area contributed by atoms with Crippen LogP contribution >= 0.6 is 0 Å². The molecule has 0 radical (unpaired) electrons. The third-order valence-corrected chi connectivity index (χ3v) is 4.94. The fourth-order valence-corrected chi connectivity index (χ4v) is 3.49. The summed E-state index contributed by atoms with van der Waals surface area (Å²) in [7, 11) is 0. The second-order valence-electron chi connectivity index (χ2n) is 7.10. The number of nitrogens with zero attached hydrogens (tertiary/aromatic N) is 2. The van der Waals surface area contributed by atoms with E-state index in [1.54, 1.807) is 23.0 Å². The van der Waals surface area contributed by atoms with Crippen LogP contribution in [0.1, 0.15) is 12.8 Å². The number of halogens is 3. The molecule has 0 spiro atoms. The molecule has 1 aromatic heterocycles. The number of rotatable bonds is 5. The van der Waals surface area contributed by atoms with Crippen LogP contribution in [-0.4, -0.2) is 41.1 Å². The Morgan fingerprint density at radius 1 is 1.13 bits per heavy atom. The SMILES string of the molecule is O=C(Cn1cnc2cc(-c3ccc(OC(F)(F)F)cc3)ccc21)NC1CCOCC1. The van der Waals surface area contributed by atoms with Gasteiger partial charge in [0.1, 0.15) is 12.3 Å². The Morgan fingerprint density at radius 2 is 1.83 bits per heavy atom. The number of benzene rings is 2. The molecular weight excluding hydrogens is 399 g/mol. The summed E-state index contributed by atoms with van der Waals surface area (Å²) < 4.78 is 47.9. The summed E-state index contributed by atoms with van der Waals surface area (Å²) in [5.74, 6) is -0.349. The standard InChI is InChI=1S/C21H20F3N3O3/c22-21(23,24)30-17-4-1-14(2-5-17)15-3-6-19-18(11-15)25-13-27(19)12-20(28)26-16-7-9-29-10-8-16/h1-6,11,13,16H,7-10,12H2,(H,26,28). The van der Waals surface area contributed by atoms with Crippen molar-refractivity contribution in [1.82, 2.24) is 14.9 Å². The maximum atomic E-state index is 12.3. The van der Waals surface area contributed by atoms with Crippen LogP contribution in [0.4, 0.5) is 13.2 Å². The highest BCUT2D eigenvalue weighted by atomic mass is 19.4. The number of alkyl halides is 3. The fourth-order valence-electron chi connectivity index (χ4n) is 3.49. The first-order valence-electron chi connectivity index (χ1n) is 9.55. The summed E-state index contributed by atoms with van der Waals surface area (Å²) in [4.78, 5) is 16.7. The predicted molar refractivity (Wildman–Crippen MR) is 104 cm³/mol. The summed E-state index contributed by atoms with van der Waals surface area (Å²) in [5.41, 5.74) is 3.04. The minimum absolute atomic E-state index is 0.0782. The highest BCUT2D eigenvalue weighted by molar-refractivity contribution is 5.84. The number of carbonyl (C=O) groups is 1. The van der Waals surface area contributed by atoms with Crippen molar-refractivity contribution in [3.05, 3.63) is 48.8 Å². The van der Waals surface area contributed by atoms with Crippen LogP contribution in [0.15, 0.2) is 48.8 Å². The van der Waals surface area contributed by atoms with Crippen molar-refractivity contribution in [2.45, 2.75) is 31.8 Å². The van der Waals surface area contributed by atoms with E-state index in [2.05, 4.69) is 15.0 Å². The maximum absolute atomic E-state index is 12.3. The van der Waals surface area contributed by atoms with E-state index in [-0.39, 0.29) is 24.2 Å². The molecule has 30 heavy (non-hydrogen) atoms. The summed E-state index contributed by atoms with van der Waals surface area (Å²) in [6, 6.07) is 11.3. The fraction of sp³-hybridized carbons (Fsp3) is 0.333. The third-order valence-electron chi connectivity index (χ3n) is 4.94. The molecule has 4 rings (SSSR count). The topological polar surface area (TPSA) is 65.4 Å². The number of amides is 1. The van der Waals surface area contributed by atoms with Gasteiger partial charge in [-0.25, -0.2) is 4.98 Å². The molecule has 6 nitrogen and oxygen atoms in total. The number of carbonyl (C=O) groups excluding carboxylic acids is 1. The molecule has 2 heterocycles. The molecular formula is C21H20F3N3O3. The van der Waals surface area contributed by atoms with Gasteiger partial charge in [0, 0.05) is 19.3 Å². The molecule has 3 aromatic rings. The largest absolute Gasteiger partial charge is 0.573 e. The summed E-state index contributed by atoms with van der Waals surface area (Å²) in [5, 5.41) is 3.02. The van der Waals surface area contributed by atoms with E-state index >= 15 is 0 Å². The van der Waals surface area contributed by atoms with Gasteiger partial charge in [-0.15, -0.1) is 13.2 Å². The lowest BCUT2D eigenvalue weighted by Crippen LogP contribution is -2.40. The van der Waals surface area contributed by atoms with Gasteiger partial charge < -0.3 is 19.4 Å². The minimum atomic E-state index is -4.72. The van der Waals surface area contributed by atoms with Gasteiger partial charge >= 0.3 is 6.36 Å². The molecule has 0 atom stereocenters. The van der Waals surface area contributed by atoms with E-state index in [1.165, 1.54) is 12.1 Å². The van der Waals surface area contributed by atoms with E-state index in [4.69, 9.17) is 4.74 Å². The average molecular weight is 419 g/mol. The summed E-state index contributed by atoms with van der Waals surface area (Å²) in [6.07, 6.45) is -1.48. The highest BCUT2D eigenvalue weighted by Crippen LogP contribution is 2.28. The lowest BCUT2D eigenvalue weighted by molar-refractivity contribution is -0.274. The van der Waals surface area contributed by atoms with Crippen LogP contribution < -0.4 is 10.1 Å². The Morgan fingerprint density at radius 3 is 2.53 bits per heavy atom. The van der Waals surface area contributed by atoms with Gasteiger partial charge in [0.05, 0.1) is 17.4 Å². The van der Waals surface area contributed by atoms with Crippen LogP contribution in [-0.2, 0) is 16.1 Å². The minimum Gasteiger partial charge on any atom is -0.406 e. The number of hydrogen-bond acceptors (Lipinski definition) is 4. The monoisotopic (exact) mass is 419 g/mol. The summed E-state index contributed by atoms with van der Waals surface area (Å²) in [6.45, 7) is 1.48. The Balaban J connectivity index is 1.46. The lowest BCUT2D eigenvalue weighted by atomic mass is 10.1. The van der Waals surface area contributed by atoms with E-state index < -0.39 is 6.36 Å². The second-order valence-corrected chi connectivity index (χ2v) is 7.10. The maximum Gasteiger partial charge on any atom is 0.573 e. The second kappa shape index (κ2) is 8.35. The molecule has 1 aliphatic rings. The molecule has 9 heteroatoms. The first-order chi connectivity index (χ1) is 14.4. The van der Waals surface area contributed by atoms with Crippen LogP contribution in [0.5, 0.6) is 5.75 Å². The van der Waals surface area contributed by atoms with Crippen molar-refractivity contribution in [2.75, 3.05) is 13.2 Å². The van der Waals surface area contributed by atoms with Gasteiger partial charge in [0.2, 0.25) is 5.91 Å². The number of nitrogens with one attached hydrogen (secondary N) is 1. The summed E-state index contributed by atoms with van der Waals surface area (Å²) >= 11 is 0. The van der Waals surface area contributed by atoms with E-state index in [9.17, 15) is 18.0 Å². The molecule has 158 valence electrons. The van der Waals surface area contributed by atoms with Crippen molar-refractivity contribution >= 4 is 16.9 Å². The van der Waals surface area contributed by atoms with Gasteiger partial charge in [-0.05, 0) is 48.2 Å². The molecule has 1 N–H and O–H groups in total. The normalized spacial score (nSPS) is 15.3. The van der Waals surface area contributed by atoms with Crippen molar-refractivity contribution in [1.29, 1.82) is 0 Å². The van der Waals surface area contributed by atoms with Crippen LogP contribution in [0, 0.1) is 0 Å². The highest BCUT2D eigenvalue weighted by Gasteiger charge is 2.31. The zero-order valence-electron chi connectivity index (χ0n) is 16.0. The molecule has 0 aliphatic carbocycles. The molecule has 0 saturated carbocycles. The smallest absolute Gasteiger partial charge is 0.406 e. The Kier molecular flexibility index (Phi) is 5.63. The third kappa shape index (κ3) is 4.91. The first-order valence-corrected chi connectivity index (χ1v) is 9.55. The van der Waals surface area contributed by atoms with Gasteiger partial charge in [-0.1, -0.05) is 18.2 Å². The van der Waals surface area contributed by atoms with Gasteiger partial charge in [-0.3, -0.25) is 4.79 Å². The van der Waals surface area contributed by atoms with Crippen molar-refractivity contribution < 1.29 is 27.4 Å². The van der Waals surface area contributed by atoms with Crippen LogP contribution in [0.2, 0.25) is 0 Å². The molecule has 1 aliphatic heterocycles. The molecule has 1 fully saturated rings. The predicted octanol–water partition coefficient (Wildman–Crippen LogP) is 3.90. The van der Waals surface area contributed by atoms with Gasteiger partial charge in [0.15, 0.2) is 0 Å². The zero-order chi connectivity index (χ0) is 21.1. The van der Waals surface area contributed by atoms with Crippen molar-refractivity contribution in [3.63, 3.8) is 0 Å². The quantitative estimate of drug-likeness (QED) is 0.681. The number of hydrogen-bond donors (Lipinski definition) is 1. The van der Waals surface area contributed by atoms with E-state index in [0.29, 0.717) is 18.7 Å². The van der Waals surface area contributed by atoms with Gasteiger partial charge in [-0.2, -0.15) is 0 Å². The number of aromatic nitrogens is 2. The number of imidazole rings is 1. The molecule has 1 amide bonds. The lowest BCUT2D eigenvalue weighted by Gasteiger charge is -2.23. The zero-order valence-corrected chi connectivity index (χ0v) is 16.0. The Bertz CT molecular complexity index is 1030. The van der Waals surface area contributed by atoms with Crippen molar-refractivity contribution in [3.8, 4) is 16.9 Å². The van der Waals surface area contributed by atoms with E-state index in [0.717, 1.165) is 29.5 Å². The molecule has 0 unspecified atom stereocenters. The molecule has 2 aromatic carbocycles. The number of fused-ring (bicyclic) bond motifs is 1. The Labute approximate surface area is 170 Å². The Hall–Kier alpha value is -3.07. The first kappa shape index (κ1) is 20.2. The van der Waals surface area contributed by atoms with Crippen molar-refractivity contribution in [2.24, 2.45) is 0 Å². The van der Waals surface area contributed by atoms with Crippen LogP contribution in [0.25, 0.3) is 22.2 Å². The molecule has 0 bridgehead atoms. The van der Waals surface area contributed by atoms with Crippen LogP contribution in [0.3, 0.4) is 0 Å².